The monoisotopic (exact) mass is 331 g/mol. The maximum Gasteiger partial charge on any atom is 0.303 e. The van der Waals surface area contributed by atoms with Gasteiger partial charge in [0.2, 0.25) is 0 Å². The molecular formula is C17H21N3O4. The summed E-state index contributed by atoms with van der Waals surface area (Å²) in [6, 6.07) is 6.95. The van der Waals surface area contributed by atoms with Crippen LogP contribution in [0.2, 0.25) is 0 Å². The highest BCUT2D eigenvalue weighted by atomic mass is 16.5. The maximum atomic E-state index is 12.3. The van der Waals surface area contributed by atoms with Gasteiger partial charge in [0.25, 0.3) is 11.8 Å². The summed E-state index contributed by atoms with van der Waals surface area (Å²) in [7, 11) is 0. The van der Waals surface area contributed by atoms with Crippen molar-refractivity contribution >= 4 is 11.9 Å². The van der Waals surface area contributed by atoms with Crippen LogP contribution in [0, 0.1) is 0 Å². The highest BCUT2D eigenvalue weighted by Crippen LogP contribution is 2.26. The number of carboxylic acids is 1. The van der Waals surface area contributed by atoms with E-state index in [1.807, 2.05) is 20.8 Å². The minimum Gasteiger partial charge on any atom is -0.481 e. The predicted octanol–water partition coefficient (Wildman–Crippen LogP) is 2.63. The summed E-state index contributed by atoms with van der Waals surface area (Å²) in [6.07, 6.45) is 0.387. The van der Waals surface area contributed by atoms with Gasteiger partial charge in [0.15, 0.2) is 5.82 Å². The van der Waals surface area contributed by atoms with E-state index >= 15 is 0 Å². The summed E-state index contributed by atoms with van der Waals surface area (Å²) in [6.45, 7) is 6.21. The Labute approximate surface area is 140 Å². The zero-order chi connectivity index (χ0) is 17.7. The van der Waals surface area contributed by atoms with E-state index in [4.69, 9.17) is 9.63 Å². The van der Waals surface area contributed by atoms with Gasteiger partial charge < -0.3 is 14.9 Å². The summed E-state index contributed by atoms with van der Waals surface area (Å²) in [5.74, 6) is -0.331. The SMILES string of the molecule is CC(C)(C)c1noc(-c2ccccc2C(=O)NCCCC(=O)O)n1. The first-order valence-corrected chi connectivity index (χ1v) is 7.72. The molecule has 0 saturated heterocycles. The molecular weight excluding hydrogens is 310 g/mol. The Hall–Kier alpha value is -2.70. The number of rotatable bonds is 6. The Morgan fingerprint density at radius 2 is 1.96 bits per heavy atom. The molecule has 128 valence electrons. The van der Waals surface area contributed by atoms with Crippen LogP contribution < -0.4 is 5.32 Å². The molecule has 24 heavy (non-hydrogen) atoms. The van der Waals surface area contributed by atoms with E-state index < -0.39 is 5.97 Å². The quantitative estimate of drug-likeness (QED) is 0.788. The van der Waals surface area contributed by atoms with Crippen molar-refractivity contribution in [3.63, 3.8) is 0 Å². The Bertz CT molecular complexity index is 731. The van der Waals surface area contributed by atoms with Crippen molar-refractivity contribution in [3.05, 3.63) is 35.7 Å². The number of nitrogens with zero attached hydrogens (tertiary/aromatic N) is 2. The molecule has 0 saturated carbocycles. The second kappa shape index (κ2) is 7.25. The molecule has 0 bridgehead atoms. The van der Waals surface area contributed by atoms with E-state index in [0.717, 1.165) is 0 Å². The molecule has 0 aliphatic heterocycles. The van der Waals surface area contributed by atoms with Gasteiger partial charge in [-0.3, -0.25) is 9.59 Å². The van der Waals surface area contributed by atoms with Crippen LogP contribution in [-0.4, -0.2) is 33.7 Å². The maximum absolute atomic E-state index is 12.3. The summed E-state index contributed by atoms with van der Waals surface area (Å²) in [5, 5.41) is 15.3. The third kappa shape index (κ3) is 4.41. The number of amides is 1. The fourth-order valence-electron chi connectivity index (χ4n) is 2.04. The van der Waals surface area contributed by atoms with E-state index in [1.165, 1.54) is 0 Å². The molecule has 2 rings (SSSR count). The topological polar surface area (TPSA) is 105 Å². The number of aromatic nitrogens is 2. The van der Waals surface area contributed by atoms with Gasteiger partial charge in [0.05, 0.1) is 11.1 Å². The first-order chi connectivity index (χ1) is 11.3. The number of hydrogen-bond donors (Lipinski definition) is 2. The van der Waals surface area contributed by atoms with Crippen molar-refractivity contribution in [2.45, 2.75) is 39.0 Å². The molecule has 7 nitrogen and oxygen atoms in total. The molecule has 0 unspecified atom stereocenters. The lowest BCUT2D eigenvalue weighted by molar-refractivity contribution is -0.137. The summed E-state index contributed by atoms with van der Waals surface area (Å²) < 4.78 is 5.31. The lowest BCUT2D eigenvalue weighted by Gasteiger charge is -2.11. The van der Waals surface area contributed by atoms with Gasteiger partial charge in [-0.2, -0.15) is 4.98 Å². The van der Waals surface area contributed by atoms with Gasteiger partial charge in [-0.05, 0) is 18.6 Å². The third-order valence-electron chi connectivity index (χ3n) is 3.35. The summed E-state index contributed by atoms with van der Waals surface area (Å²) >= 11 is 0. The highest BCUT2D eigenvalue weighted by molar-refractivity contribution is 5.99. The van der Waals surface area contributed by atoms with Gasteiger partial charge in [0, 0.05) is 18.4 Å². The summed E-state index contributed by atoms with van der Waals surface area (Å²) in [4.78, 5) is 27.2. The van der Waals surface area contributed by atoms with Crippen molar-refractivity contribution in [2.75, 3.05) is 6.54 Å². The van der Waals surface area contributed by atoms with E-state index in [1.54, 1.807) is 24.3 Å². The Morgan fingerprint density at radius 3 is 2.58 bits per heavy atom. The Morgan fingerprint density at radius 1 is 1.25 bits per heavy atom. The minimum absolute atomic E-state index is 0.0144. The van der Waals surface area contributed by atoms with Gasteiger partial charge in [-0.1, -0.05) is 38.1 Å². The standard InChI is InChI=1S/C17H21N3O4/c1-17(2,3)16-19-15(24-20-16)12-8-5-4-7-11(12)14(23)18-10-6-9-13(21)22/h4-5,7-8H,6,9-10H2,1-3H3,(H,18,23)(H,21,22). The largest absolute Gasteiger partial charge is 0.481 e. The fourth-order valence-corrected chi connectivity index (χ4v) is 2.04. The first kappa shape index (κ1) is 17.7. The number of carbonyl (C=O) groups excluding carboxylic acids is 1. The van der Waals surface area contributed by atoms with Gasteiger partial charge in [-0.25, -0.2) is 0 Å². The zero-order valence-electron chi connectivity index (χ0n) is 14.0. The molecule has 1 amide bonds. The molecule has 1 heterocycles. The van der Waals surface area contributed by atoms with E-state index in [0.29, 0.717) is 23.4 Å². The molecule has 1 aromatic heterocycles. The third-order valence-corrected chi connectivity index (χ3v) is 3.35. The highest BCUT2D eigenvalue weighted by Gasteiger charge is 2.23. The Balaban J connectivity index is 2.16. The number of carboxylic acid groups (broad SMARTS) is 1. The second-order valence-corrected chi connectivity index (χ2v) is 6.47. The lowest BCUT2D eigenvalue weighted by Crippen LogP contribution is -2.25. The Kier molecular flexibility index (Phi) is 5.33. The number of hydrogen-bond acceptors (Lipinski definition) is 5. The van der Waals surface area contributed by atoms with Crippen LogP contribution in [0.25, 0.3) is 11.5 Å². The van der Waals surface area contributed by atoms with Crippen molar-refractivity contribution in [3.8, 4) is 11.5 Å². The van der Waals surface area contributed by atoms with Gasteiger partial charge in [0.1, 0.15) is 0 Å². The van der Waals surface area contributed by atoms with Crippen LogP contribution in [-0.2, 0) is 10.2 Å². The van der Waals surface area contributed by atoms with Crippen LogP contribution in [0.1, 0.15) is 49.8 Å². The normalized spacial score (nSPS) is 11.3. The molecule has 0 aliphatic carbocycles. The van der Waals surface area contributed by atoms with Crippen LogP contribution in [0.3, 0.4) is 0 Å². The number of nitrogens with one attached hydrogen (secondary N) is 1. The average Bonchev–Trinajstić information content (AvgIpc) is 3.01. The van der Waals surface area contributed by atoms with Crippen LogP contribution >= 0.6 is 0 Å². The van der Waals surface area contributed by atoms with Crippen molar-refractivity contribution < 1.29 is 19.2 Å². The molecule has 1 aromatic carbocycles. The predicted molar refractivity (Wildman–Crippen MR) is 87.6 cm³/mol. The van der Waals surface area contributed by atoms with Crippen LogP contribution in [0.4, 0.5) is 0 Å². The number of carbonyl (C=O) groups is 2. The lowest BCUT2D eigenvalue weighted by atomic mass is 9.96. The van der Waals surface area contributed by atoms with Crippen LogP contribution in [0.5, 0.6) is 0 Å². The van der Waals surface area contributed by atoms with Gasteiger partial charge >= 0.3 is 5.97 Å². The number of aliphatic carboxylic acids is 1. The number of benzene rings is 1. The average molecular weight is 331 g/mol. The molecule has 0 spiro atoms. The molecule has 0 aliphatic rings. The summed E-state index contributed by atoms with van der Waals surface area (Å²) in [5.41, 5.74) is 0.712. The molecule has 0 atom stereocenters. The second-order valence-electron chi connectivity index (χ2n) is 6.47. The fraction of sp³-hybridized carbons (Fsp3) is 0.412. The van der Waals surface area contributed by atoms with Crippen molar-refractivity contribution in [2.24, 2.45) is 0 Å². The molecule has 7 heteroatoms. The molecule has 2 aromatic rings. The van der Waals surface area contributed by atoms with E-state index in [-0.39, 0.29) is 30.2 Å². The minimum atomic E-state index is -0.884. The van der Waals surface area contributed by atoms with E-state index in [2.05, 4.69) is 15.5 Å². The molecule has 0 fully saturated rings. The smallest absolute Gasteiger partial charge is 0.303 e. The molecule has 0 radical (unpaired) electrons. The zero-order valence-corrected chi connectivity index (χ0v) is 14.0. The van der Waals surface area contributed by atoms with E-state index in [9.17, 15) is 9.59 Å². The van der Waals surface area contributed by atoms with Crippen molar-refractivity contribution in [1.82, 2.24) is 15.5 Å². The molecule has 2 N–H and O–H groups in total. The van der Waals surface area contributed by atoms with Crippen molar-refractivity contribution in [1.29, 1.82) is 0 Å². The van der Waals surface area contributed by atoms with Gasteiger partial charge in [-0.15, -0.1) is 0 Å². The van der Waals surface area contributed by atoms with Crippen LogP contribution in [0.15, 0.2) is 28.8 Å². The first-order valence-electron chi connectivity index (χ1n) is 7.72.